The molecule has 46 heavy (non-hydrogen) atoms. The summed E-state index contributed by atoms with van der Waals surface area (Å²) in [7, 11) is 1.70. The van der Waals surface area contributed by atoms with E-state index in [0.29, 0.717) is 48.7 Å². The van der Waals surface area contributed by atoms with Crippen molar-refractivity contribution in [1.82, 2.24) is 9.80 Å². The van der Waals surface area contributed by atoms with E-state index in [1.54, 1.807) is 18.0 Å². The number of halogens is 3. The highest BCUT2D eigenvalue weighted by molar-refractivity contribution is 5.92. The van der Waals surface area contributed by atoms with Gasteiger partial charge in [0.1, 0.15) is 11.7 Å². The highest BCUT2D eigenvalue weighted by Gasteiger charge is 2.75. The van der Waals surface area contributed by atoms with Gasteiger partial charge in [0.15, 0.2) is 11.5 Å². The summed E-state index contributed by atoms with van der Waals surface area (Å²) in [4.78, 5) is 42.8. The van der Waals surface area contributed by atoms with Crippen LogP contribution in [0.5, 0.6) is 11.5 Å². The first-order chi connectivity index (χ1) is 21.8. The van der Waals surface area contributed by atoms with E-state index >= 15 is 0 Å². The number of rotatable bonds is 7. The van der Waals surface area contributed by atoms with Crippen molar-refractivity contribution < 1.29 is 41.8 Å². The number of carbonyl (C=O) groups excluding carboxylic acids is 3. The summed E-state index contributed by atoms with van der Waals surface area (Å²) in [5.41, 5.74) is -0.00402. The minimum Gasteiger partial charge on any atom is -0.483 e. The first-order valence-corrected chi connectivity index (χ1v) is 15.9. The maximum absolute atomic E-state index is 13.6. The molecule has 8 nitrogen and oxygen atoms in total. The van der Waals surface area contributed by atoms with E-state index in [1.807, 2.05) is 6.07 Å². The highest BCUT2D eigenvalue weighted by atomic mass is 19.4. The highest BCUT2D eigenvalue weighted by Crippen LogP contribution is 2.67. The molecule has 2 saturated carbocycles. The number of hydrogen-bond acceptors (Lipinski definition) is 7. The maximum Gasteiger partial charge on any atom is 0.416 e. The quantitative estimate of drug-likeness (QED) is 0.231. The van der Waals surface area contributed by atoms with E-state index < -0.39 is 40.9 Å². The first kappa shape index (κ1) is 30.8. The molecule has 2 bridgehead atoms. The average Bonchev–Trinajstić information content (AvgIpc) is 3.74. The number of hydrogen-bond donors (Lipinski definition) is 0. The van der Waals surface area contributed by atoms with Gasteiger partial charge in [-0.25, -0.2) is 0 Å². The molecule has 11 heteroatoms. The predicted octanol–water partition coefficient (Wildman–Crippen LogP) is 5.31. The smallest absolute Gasteiger partial charge is 0.416 e. The molecule has 2 aromatic rings. The van der Waals surface area contributed by atoms with Crippen LogP contribution in [0, 0.1) is 5.92 Å². The van der Waals surface area contributed by atoms with E-state index in [1.165, 1.54) is 51.0 Å². The van der Waals surface area contributed by atoms with Crippen molar-refractivity contribution in [3.05, 3.63) is 64.7 Å². The molecule has 0 aromatic heterocycles. The zero-order valence-electron chi connectivity index (χ0n) is 26.1. The normalized spacial score (nSPS) is 29.6. The number of nitrogens with zero attached hydrogens (tertiary/aromatic N) is 2. The van der Waals surface area contributed by atoms with E-state index in [4.69, 9.17) is 14.2 Å². The number of carbonyl (C=O) groups is 3. The summed E-state index contributed by atoms with van der Waals surface area (Å²) >= 11 is 0. The fourth-order valence-corrected chi connectivity index (χ4v) is 8.74. The molecule has 3 aliphatic carbocycles. The lowest BCUT2D eigenvalue weighted by molar-refractivity contribution is -0.223. The Morgan fingerprint density at radius 1 is 1.04 bits per heavy atom. The molecule has 2 unspecified atom stereocenters. The number of esters is 2. The largest absolute Gasteiger partial charge is 0.483 e. The Morgan fingerprint density at radius 2 is 1.78 bits per heavy atom. The lowest BCUT2D eigenvalue weighted by Gasteiger charge is -2.65. The van der Waals surface area contributed by atoms with Crippen LogP contribution >= 0.6 is 0 Å². The Hall–Kier alpha value is -3.86. The molecule has 2 aliphatic heterocycles. The third kappa shape index (κ3) is 4.80. The van der Waals surface area contributed by atoms with Gasteiger partial charge in [0.25, 0.3) is 0 Å². The molecule has 5 atom stereocenters. The number of amides is 1. The number of likely N-dealkylation sites (tertiary alicyclic amines) is 1. The van der Waals surface area contributed by atoms with Crippen LogP contribution in [-0.4, -0.2) is 71.6 Å². The second-order valence-corrected chi connectivity index (χ2v) is 13.4. The molecule has 2 aromatic carbocycles. The summed E-state index contributed by atoms with van der Waals surface area (Å²) in [5, 5.41) is 0. The van der Waals surface area contributed by atoms with Gasteiger partial charge in [-0.1, -0.05) is 18.2 Å². The third-order valence-electron chi connectivity index (χ3n) is 10.8. The van der Waals surface area contributed by atoms with Crippen LogP contribution < -0.4 is 9.47 Å². The van der Waals surface area contributed by atoms with Gasteiger partial charge in [-0.3, -0.25) is 19.3 Å². The van der Waals surface area contributed by atoms with Gasteiger partial charge in [0.05, 0.1) is 23.1 Å². The molecule has 0 radical (unpaired) electrons. The summed E-state index contributed by atoms with van der Waals surface area (Å²) in [5.74, 6) is 0.228. The molecule has 0 N–H and O–H groups in total. The van der Waals surface area contributed by atoms with Crippen LogP contribution in [0.1, 0.15) is 68.2 Å². The van der Waals surface area contributed by atoms with Crippen molar-refractivity contribution in [2.45, 2.75) is 87.8 Å². The van der Waals surface area contributed by atoms with Crippen molar-refractivity contribution >= 4 is 23.9 Å². The van der Waals surface area contributed by atoms with Crippen molar-refractivity contribution in [1.29, 1.82) is 0 Å². The second kappa shape index (κ2) is 10.9. The Kier molecular flexibility index (Phi) is 7.26. The van der Waals surface area contributed by atoms with E-state index in [-0.39, 0.29) is 17.9 Å². The third-order valence-corrected chi connectivity index (χ3v) is 10.8. The Balaban J connectivity index is 1.27. The average molecular weight is 639 g/mol. The van der Waals surface area contributed by atoms with Crippen LogP contribution in [0.3, 0.4) is 0 Å². The van der Waals surface area contributed by atoms with Crippen LogP contribution in [0.4, 0.5) is 13.2 Å². The lowest BCUT2D eigenvalue weighted by atomic mass is 9.48. The summed E-state index contributed by atoms with van der Waals surface area (Å²) in [6.45, 7) is 4.50. The molecule has 244 valence electrons. The predicted molar refractivity (Wildman–Crippen MR) is 161 cm³/mol. The minimum atomic E-state index is -4.44. The number of ether oxygens (including phenoxy) is 3. The van der Waals surface area contributed by atoms with Gasteiger partial charge in [-0.05, 0) is 86.4 Å². The fraction of sp³-hybridized carbons (Fsp3) is 0.514. The number of benzene rings is 2. The minimum absolute atomic E-state index is 0.0728. The monoisotopic (exact) mass is 638 g/mol. The Morgan fingerprint density at radius 3 is 2.43 bits per heavy atom. The van der Waals surface area contributed by atoms with Crippen LogP contribution in [-0.2, 0) is 37.1 Å². The molecule has 1 amide bonds. The maximum atomic E-state index is 13.6. The van der Waals surface area contributed by atoms with Crippen molar-refractivity contribution in [3.8, 4) is 11.5 Å². The number of piperidine rings is 1. The van der Waals surface area contributed by atoms with Gasteiger partial charge in [-0.15, -0.1) is 0 Å². The lowest BCUT2D eigenvalue weighted by Crippen LogP contribution is -2.79. The Labute approximate surface area is 265 Å². The van der Waals surface area contributed by atoms with E-state index in [0.717, 1.165) is 36.3 Å². The first-order valence-electron chi connectivity index (χ1n) is 15.9. The number of alkyl halides is 3. The van der Waals surface area contributed by atoms with E-state index in [2.05, 4.69) is 4.90 Å². The molecular formula is C35H37F3N2O6. The number of likely N-dealkylation sites (N-methyl/N-ethyl adjacent to an activating group) is 1. The zero-order valence-corrected chi connectivity index (χ0v) is 26.1. The molecular weight excluding hydrogens is 601 g/mol. The topological polar surface area (TPSA) is 85.4 Å². The molecule has 5 aliphatic rings. The summed E-state index contributed by atoms with van der Waals surface area (Å²) < 4.78 is 58.0. The van der Waals surface area contributed by atoms with Crippen LogP contribution in [0.2, 0.25) is 0 Å². The fourth-order valence-electron chi connectivity index (χ4n) is 8.74. The van der Waals surface area contributed by atoms with Gasteiger partial charge in [0, 0.05) is 39.1 Å². The molecule has 1 saturated heterocycles. The molecule has 2 heterocycles. The van der Waals surface area contributed by atoms with Gasteiger partial charge >= 0.3 is 18.1 Å². The molecule has 1 spiro atoms. The molecule has 3 fully saturated rings. The summed E-state index contributed by atoms with van der Waals surface area (Å²) in [6, 6.07) is 7.88. The Bertz CT molecular complexity index is 1620. The van der Waals surface area contributed by atoms with Crippen LogP contribution in [0.25, 0.3) is 6.08 Å². The molecule has 7 rings (SSSR count). The van der Waals surface area contributed by atoms with Crippen molar-refractivity contribution in [2.24, 2.45) is 5.92 Å². The van der Waals surface area contributed by atoms with Crippen molar-refractivity contribution in [2.75, 3.05) is 20.1 Å². The van der Waals surface area contributed by atoms with Gasteiger partial charge in [0.2, 0.25) is 5.91 Å². The van der Waals surface area contributed by atoms with Crippen LogP contribution in [0.15, 0.2) is 42.5 Å². The zero-order chi connectivity index (χ0) is 32.6. The summed E-state index contributed by atoms with van der Waals surface area (Å²) in [6.07, 6.45) is 2.52. The second-order valence-electron chi connectivity index (χ2n) is 13.4. The standard InChI is InChI=1S/C35H37F3N2O6/c1-20(41)44-27-12-9-24-18-28-34(46-21(2)42)15-14-26(39(3)29(43)13-8-22-6-10-25(11-7-22)35(36,37)38)32-33(34,30(24)31(27)45-32)16-17-40(28)19-23-4-5-23/h6-13,23,26,28,32H,4-5,14-19H2,1-3H3/b13-8+/t26?,28-,32?,33+,34-/m1/s1. The SMILES string of the molecule is CC(=O)Oc1ccc2c3c1OC1C(N(C)C(=O)/C=C/c4ccc(C(F)(F)F)cc4)CC[C@@]4(OC(C)=O)[C@@H](C2)N(CC2CC2)CC[C@]314. The van der Waals surface area contributed by atoms with Gasteiger partial charge < -0.3 is 19.1 Å². The van der Waals surface area contributed by atoms with Crippen molar-refractivity contribution in [3.63, 3.8) is 0 Å². The van der Waals surface area contributed by atoms with E-state index in [9.17, 15) is 27.6 Å². The van der Waals surface area contributed by atoms with Gasteiger partial charge in [-0.2, -0.15) is 13.2 Å².